The summed E-state index contributed by atoms with van der Waals surface area (Å²) < 4.78 is 0. The molecule has 1 atom stereocenters. The van der Waals surface area contributed by atoms with E-state index in [2.05, 4.69) is 9.88 Å². The molecule has 0 aliphatic carbocycles. The molecule has 0 bridgehead atoms. The predicted octanol–water partition coefficient (Wildman–Crippen LogP) is 1.91. The third-order valence-corrected chi connectivity index (χ3v) is 5.21. The van der Waals surface area contributed by atoms with Gasteiger partial charge >= 0.3 is 0 Å². The lowest BCUT2D eigenvalue weighted by Crippen LogP contribution is -2.45. The number of carbonyl (C=O) groups is 1. The van der Waals surface area contributed by atoms with E-state index in [-0.39, 0.29) is 5.91 Å². The van der Waals surface area contributed by atoms with Gasteiger partial charge in [-0.2, -0.15) is 0 Å². The van der Waals surface area contributed by atoms with E-state index in [1.165, 1.54) is 12.8 Å². The lowest BCUT2D eigenvalue weighted by Gasteiger charge is -2.28. The average Bonchev–Trinajstić information content (AvgIpc) is 3.24. The lowest BCUT2D eigenvalue weighted by atomic mass is 10.0. The Kier molecular flexibility index (Phi) is 3.98. The third-order valence-electron chi connectivity index (χ3n) is 5.21. The molecule has 0 saturated carbocycles. The van der Waals surface area contributed by atoms with Gasteiger partial charge < -0.3 is 14.9 Å². The highest BCUT2D eigenvalue weighted by Gasteiger charge is 2.40. The highest BCUT2D eigenvalue weighted by molar-refractivity contribution is 6.05. The van der Waals surface area contributed by atoms with Crippen molar-refractivity contribution >= 4 is 16.7 Å². The highest BCUT2D eigenvalue weighted by Crippen LogP contribution is 2.26. The van der Waals surface area contributed by atoms with Crippen molar-refractivity contribution in [2.75, 3.05) is 32.7 Å². The maximum absolute atomic E-state index is 12.9. The normalized spacial score (nSPS) is 24.8. The van der Waals surface area contributed by atoms with Gasteiger partial charge in [-0.3, -0.25) is 9.78 Å². The predicted molar refractivity (Wildman–Crippen MR) is 92.9 cm³/mol. The van der Waals surface area contributed by atoms with Crippen LogP contribution in [0, 0.1) is 0 Å². The van der Waals surface area contributed by atoms with E-state index in [1.807, 2.05) is 30.3 Å². The van der Waals surface area contributed by atoms with Gasteiger partial charge in [-0.25, -0.2) is 0 Å². The molecule has 2 aliphatic heterocycles. The second-order valence-corrected chi connectivity index (χ2v) is 7.06. The molecule has 2 fully saturated rings. The number of likely N-dealkylation sites (tertiary alicyclic amines) is 2. The summed E-state index contributed by atoms with van der Waals surface area (Å²) in [6.07, 6.45) is 4.74. The summed E-state index contributed by atoms with van der Waals surface area (Å²) in [5.74, 6) is -0.0795. The van der Waals surface area contributed by atoms with Crippen molar-refractivity contribution < 1.29 is 9.90 Å². The minimum Gasteiger partial charge on any atom is -0.387 e. The van der Waals surface area contributed by atoms with E-state index >= 15 is 0 Å². The van der Waals surface area contributed by atoms with Gasteiger partial charge in [0.25, 0.3) is 5.91 Å². The number of fused-ring (bicyclic) bond motifs is 1. The molecule has 1 N–H and O–H groups in total. The minimum absolute atomic E-state index is 0.0795. The first-order chi connectivity index (χ1) is 11.6. The summed E-state index contributed by atoms with van der Waals surface area (Å²) in [6.45, 7) is 3.77. The molecule has 2 aliphatic rings. The number of carbonyl (C=O) groups excluding carboxylic acids is 1. The summed E-state index contributed by atoms with van der Waals surface area (Å²) in [7, 11) is 0. The second kappa shape index (κ2) is 6.15. The number of amides is 1. The molecule has 24 heavy (non-hydrogen) atoms. The van der Waals surface area contributed by atoms with Gasteiger partial charge in [-0.15, -0.1) is 0 Å². The van der Waals surface area contributed by atoms with E-state index in [0.717, 1.165) is 23.9 Å². The van der Waals surface area contributed by atoms with E-state index in [1.54, 1.807) is 11.1 Å². The molecular formula is C19H23N3O2. The van der Waals surface area contributed by atoms with Crippen molar-refractivity contribution in [2.45, 2.75) is 24.9 Å². The van der Waals surface area contributed by atoms with E-state index in [0.29, 0.717) is 31.7 Å². The summed E-state index contributed by atoms with van der Waals surface area (Å²) in [5.41, 5.74) is -0.302. The Morgan fingerprint density at radius 2 is 1.96 bits per heavy atom. The average molecular weight is 325 g/mol. The largest absolute Gasteiger partial charge is 0.387 e. The first-order valence-corrected chi connectivity index (χ1v) is 8.72. The number of aliphatic hydroxyl groups is 1. The molecule has 3 heterocycles. The molecule has 1 aromatic heterocycles. The molecule has 126 valence electrons. The summed E-state index contributed by atoms with van der Waals surface area (Å²) >= 11 is 0. The van der Waals surface area contributed by atoms with Crippen LogP contribution < -0.4 is 0 Å². The molecule has 5 nitrogen and oxygen atoms in total. The maximum Gasteiger partial charge on any atom is 0.273 e. The molecule has 0 unspecified atom stereocenters. The quantitative estimate of drug-likeness (QED) is 0.936. The van der Waals surface area contributed by atoms with Crippen LogP contribution in [-0.2, 0) is 0 Å². The lowest BCUT2D eigenvalue weighted by molar-refractivity contribution is 0.0175. The van der Waals surface area contributed by atoms with Gasteiger partial charge in [-0.05, 0) is 43.8 Å². The molecule has 4 rings (SSSR count). The van der Waals surface area contributed by atoms with Crippen LogP contribution in [0.2, 0.25) is 0 Å². The SMILES string of the molecule is O=C(c1nccc2ccccc12)N1CC[C@@](O)(CN2CCCC2)C1. The molecule has 1 aromatic carbocycles. The first-order valence-electron chi connectivity index (χ1n) is 8.72. The van der Waals surface area contributed by atoms with Crippen LogP contribution in [0.25, 0.3) is 10.8 Å². The molecule has 0 radical (unpaired) electrons. The second-order valence-electron chi connectivity index (χ2n) is 7.06. The molecule has 5 heteroatoms. The number of pyridine rings is 1. The van der Waals surface area contributed by atoms with Gasteiger partial charge in [0.05, 0.1) is 12.1 Å². The Bertz CT molecular complexity index is 752. The van der Waals surface area contributed by atoms with Crippen molar-refractivity contribution in [3.05, 3.63) is 42.2 Å². The Morgan fingerprint density at radius 1 is 1.17 bits per heavy atom. The number of nitrogens with zero attached hydrogens (tertiary/aromatic N) is 3. The number of hydrogen-bond acceptors (Lipinski definition) is 4. The standard InChI is InChI=1S/C19H23N3O2/c23-18(17-16-6-2-1-5-15(16)7-9-20-17)22-12-8-19(24,14-22)13-21-10-3-4-11-21/h1-2,5-7,9,24H,3-4,8,10-14H2/t19-/m1/s1. The van der Waals surface area contributed by atoms with Crippen LogP contribution in [0.4, 0.5) is 0 Å². The Balaban J connectivity index is 1.52. The van der Waals surface area contributed by atoms with Gasteiger partial charge in [0.15, 0.2) is 0 Å². The Hall–Kier alpha value is -1.98. The van der Waals surface area contributed by atoms with Crippen LogP contribution in [0.1, 0.15) is 29.8 Å². The summed E-state index contributed by atoms with van der Waals surface area (Å²) in [6, 6.07) is 9.72. The number of β-amino-alcohol motifs (C(OH)–C–C–N with tert-alkyl or cyclic N) is 1. The van der Waals surface area contributed by atoms with E-state index < -0.39 is 5.60 Å². The zero-order chi connectivity index (χ0) is 16.6. The van der Waals surface area contributed by atoms with Crippen molar-refractivity contribution in [1.82, 2.24) is 14.8 Å². The van der Waals surface area contributed by atoms with Crippen LogP contribution in [-0.4, -0.2) is 64.1 Å². The molecule has 1 amide bonds. The monoisotopic (exact) mass is 325 g/mol. The zero-order valence-electron chi connectivity index (χ0n) is 13.8. The summed E-state index contributed by atoms with van der Waals surface area (Å²) in [5, 5.41) is 12.8. The van der Waals surface area contributed by atoms with Gasteiger partial charge in [0.2, 0.25) is 0 Å². The number of rotatable bonds is 3. The van der Waals surface area contributed by atoms with E-state index in [4.69, 9.17) is 0 Å². The van der Waals surface area contributed by atoms with Crippen molar-refractivity contribution in [3.63, 3.8) is 0 Å². The third kappa shape index (κ3) is 2.89. The van der Waals surface area contributed by atoms with Crippen molar-refractivity contribution in [2.24, 2.45) is 0 Å². The zero-order valence-corrected chi connectivity index (χ0v) is 13.8. The van der Waals surface area contributed by atoms with Crippen LogP contribution in [0.15, 0.2) is 36.5 Å². The first kappa shape index (κ1) is 15.5. The number of aromatic nitrogens is 1. The molecule has 0 spiro atoms. The number of benzene rings is 1. The molecule has 2 saturated heterocycles. The van der Waals surface area contributed by atoms with Crippen LogP contribution in [0.5, 0.6) is 0 Å². The summed E-state index contributed by atoms with van der Waals surface area (Å²) in [4.78, 5) is 21.3. The van der Waals surface area contributed by atoms with Crippen LogP contribution >= 0.6 is 0 Å². The topological polar surface area (TPSA) is 56.7 Å². The number of hydrogen-bond donors (Lipinski definition) is 1. The highest BCUT2D eigenvalue weighted by atomic mass is 16.3. The molecule has 2 aromatic rings. The fraction of sp³-hybridized carbons (Fsp3) is 0.474. The Labute approximate surface area is 141 Å². The van der Waals surface area contributed by atoms with E-state index in [9.17, 15) is 9.90 Å². The Morgan fingerprint density at radius 3 is 2.79 bits per heavy atom. The fourth-order valence-corrected chi connectivity index (χ4v) is 3.96. The molecular weight excluding hydrogens is 302 g/mol. The fourth-order valence-electron chi connectivity index (χ4n) is 3.96. The van der Waals surface area contributed by atoms with Crippen LogP contribution in [0.3, 0.4) is 0 Å². The smallest absolute Gasteiger partial charge is 0.273 e. The van der Waals surface area contributed by atoms with Gasteiger partial charge in [-0.1, -0.05) is 24.3 Å². The minimum atomic E-state index is -0.787. The maximum atomic E-state index is 12.9. The van der Waals surface area contributed by atoms with Crippen molar-refractivity contribution in [3.8, 4) is 0 Å². The van der Waals surface area contributed by atoms with Crippen molar-refractivity contribution in [1.29, 1.82) is 0 Å². The van der Waals surface area contributed by atoms with Gasteiger partial charge in [0.1, 0.15) is 5.69 Å². The van der Waals surface area contributed by atoms with Gasteiger partial charge in [0, 0.05) is 24.7 Å².